The Hall–Kier alpha value is -1.27. The number of hydrogen-bond donors (Lipinski definition) is 0. The molecule has 0 bridgehead atoms. The maximum absolute atomic E-state index is 12.7. The number of pyridine rings is 1. The third-order valence-corrected chi connectivity index (χ3v) is 2.35. The van der Waals surface area contributed by atoms with Gasteiger partial charge in [-0.15, -0.1) is 0 Å². The molecule has 0 saturated carbocycles. The van der Waals surface area contributed by atoms with Gasteiger partial charge in [-0.2, -0.15) is 0 Å². The van der Waals surface area contributed by atoms with Gasteiger partial charge in [-0.05, 0) is 13.8 Å². The maximum atomic E-state index is 12.7. The van der Waals surface area contributed by atoms with Crippen LogP contribution in [0.2, 0.25) is 0 Å². The summed E-state index contributed by atoms with van der Waals surface area (Å²) in [6, 6.07) is 0. The van der Waals surface area contributed by atoms with Crippen molar-refractivity contribution in [1.29, 1.82) is 0 Å². The van der Waals surface area contributed by atoms with Crippen LogP contribution in [0.1, 0.15) is 47.4 Å². The molecule has 1 aromatic rings. The topological polar surface area (TPSA) is 12.9 Å². The highest BCUT2D eigenvalue weighted by atomic mass is 19.3. The largest absolute Gasteiger partial charge is 0.266 e. The van der Waals surface area contributed by atoms with Crippen molar-refractivity contribution in [3.05, 3.63) is 28.1 Å². The molecule has 0 aromatic carbocycles. The van der Waals surface area contributed by atoms with E-state index in [4.69, 9.17) is 0 Å². The molecule has 0 saturated heterocycles. The first-order chi connectivity index (χ1) is 7.77. The summed E-state index contributed by atoms with van der Waals surface area (Å²) in [5.74, 6) is 0. The summed E-state index contributed by atoms with van der Waals surface area (Å²) < 4.78 is 75.8. The molecule has 0 N–H and O–H groups in total. The number of hydrogen-bond acceptors (Lipinski definition) is 1. The Kier molecular flexibility index (Phi) is 4.00. The Labute approximate surface area is 93.5 Å². The molecular formula is C10H9F6N. The Morgan fingerprint density at radius 3 is 1.18 bits per heavy atom. The molecule has 1 rings (SSSR count). The fraction of sp³-hybridized carbons (Fsp3) is 0.500. The van der Waals surface area contributed by atoms with Crippen LogP contribution in [0, 0.1) is 13.8 Å². The summed E-state index contributed by atoms with van der Waals surface area (Å²) in [5.41, 5.74) is -4.18. The average molecular weight is 257 g/mol. The molecule has 0 unspecified atom stereocenters. The molecule has 0 radical (unpaired) electrons. The molecule has 7 heteroatoms. The van der Waals surface area contributed by atoms with Crippen molar-refractivity contribution < 1.29 is 26.3 Å². The van der Waals surface area contributed by atoms with Gasteiger partial charge in [-0.1, -0.05) is 0 Å². The molecule has 0 aliphatic rings. The first-order valence-corrected chi connectivity index (χ1v) is 4.62. The third-order valence-electron chi connectivity index (χ3n) is 2.35. The van der Waals surface area contributed by atoms with Crippen LogP contribution in [0.4, 0.5) is 26.3 Å². The lowest BCUT2D eigenvalue weighted by Crippen LogP contribution is -2.09. The molecule has 17 heavy (non-hydrogen) atoms. The van der Waals surface area contributed by atoms with Crippen LogP contribution in [0.5, 0.6) is 0 Å². The molecule has 0 spiro atoms. The van der Waals surface area contributed by atoms with E-state index in [9.17, 15) is 26.3 Å². The number of rotatable bonds is 3. The quantitative estimate of drug-likeness (QED) is 0.726. The van der Waals surface area contributed by atoms with Crippen LogP contribution in [0.3, 0.4) is 0 Å². The van der Waals surface area contributed by atoms with Crippen molar-refractivity contribution in [2.24, 2.45) is 0 Å². The van der Waals surface area contributed by atoms with Crippen LogP contribution in [-0.4, -0.2) is 4.98 Å². The standard InChI is InChI=1S/C10H9F6N/c1-3-5(8(11)12)7(10(15)16)6(9(13)14)4(2)17-3/h8-10H,1-2H3. The van der Waals surface area contributed by atoms with E-state index >= 15 is 0 Å². The summed E-state index contributed by atoms with van der Waals surface area (Å²) in [6.07, 6.45) is -9.91. The van der Waals surface area contributed by atoms with Crippen LogP contribution < -0.4 is 0 Å². The molecule has 0 atom stereocenters. The summed E-state index contributed by atoms with van der Waals surface area (Å²) in [4.78, 5) is 3.47. The highest BCUT2D eigenvalue weighted by Gasteiger charge is 2.31. The van der Waals surface area contributed by atoms with Gasteiger partial charge < -0.3 is 0 Å². The van der Waals surface area contributed by atoms with Crippen molar-refractivity contribution in [3.63, 3.8) is 0 Å². The van der Waals surface area contributed by atoms with E-state index in [1.165, 1.54) is 0 Å². The second-order valence-corrected chi connectivity index (χ2v) is 3.43. The summed E-state index contributed by atoms with van der Waals surface area (Å²) in [5, 5.41) is 0. The van der Waals surface area contributed by atoms with E-state index in [2.05, 4.69) is 4.98 Å². The minimum atomic E-state index is -3.39. The Morgan fingerprint density at radius 2 is 0.941 bits per heavy atom. The van der Waals surface area contributed by atoms with Gasteiger partial charge in [0, 0.05) is 28.1 Å². The van der Waals surface area contributed by atoms with Crippen molar-refractivity contribution in [1.82, 2.24) is 4.98 Å². The van der Waals surface area contributed by atoms with E-state index in [1.807, 2.05) is 0 Å². The highest BCUT2D eigenvalue weighted by Crippen LogP contribution is 2.39. The molecule has 1 aromatic heterocycles. The van der Waals surface area contributed by atoms with Crippen molar-refractivity contribution >= 4 is 0 Å². The fourth-order valence-electron chi connectivity index (χ4n) is 1.69. The molecule has 0 aliphatic heterocycles. The van der Waals surface area contributed by atoms with E-state index in [-0.39, 0.29) is 11.4 Å². The number of aryl methyl sites for hydroxylation is 2. The van der Waals surface area contributed by atoms with E-state index in [0.29, 0.717) is 0 Å². The molecule has 0 fully saturated rings. The first kappa shape index (κ1) is 13.8. The molecular weight excluding hydrogens is 248 g/mol. The van der Waals surface area contributed by atoms with Crippen molar-refractivity contribution in [2.75, 3.05) is 0 Å². The molecule has 96 valence electrons. The summed E-state index contributed by atoms with van der Waals surface area (Å²) in [6.45, 7) is 2.19. The van der Waals surface area contributed by atoms with Gasteiger partial charge in [-0.3, -0.25) is 4.98 Å². The van der Waals surface area contributed by atoms with E-state index < -0.39 is 36.0 Å². The zero-order valence-corrected chi connectivity index (χ0v) is 8.95. The molecule has 1 nitrogen and oxygen atoms in total. The van der Waals surface area contributed by atoms with Gasteiger partial charge in [0.2, 0.25) is 0 Å². The number of aromatic nitrogens is 1. The molecule has 0 aliphatic carbocycles. The normalized spacial score (nSPS) is 11.9. The van der Waals surface area contributed by atoms with Gasteiger partial charge in [0.25, 0.3) is 19.3 Å². The van der Waals surface area contributed by atoms with Crippen molar-refractivity contribution in [2.45, 2.75) is 33.1 Å². The lowest BCUT2D eigenvalue weighted by Gasteiger charge is -2.17. The smallest absolute Gasteiger partial charge is 0.257 e. The van der Waals surface area contributed by atoms with E-state index in [1.54, 1.807) is 0 Å². The predicted molar refractivity (Wildman–Crippen MR) is 48.6 cm³/mol. The van der Waals surface area contributed by atoms with Crippen LogP contribution in [0.15, 0.2) is 0 Å². The second kappa shape index (κ2) is 4.93. The van der Waals surface area contributed by atoms with Crippen LogP contribution in [0.25, 0.3) is 0 Å². The average Bonchev–Trinajstić information content (AvgIpc) is 2.14. The van der Waals surface area contributed by atoms with Crippen LogP contribution >= 0.6 is 0 Å². The highest BCUT2D eigenvalue weighted by molar-refractivity contribution is 5.42. The first-order valence-electron chi connectivity index (χ1n) is 4.62. The lowest BCUT2D eigenvalue weighted by atomic mass is 9.99. The molecule has 1 heterocycles. The minimum Gasteiger partial charge on any atom is -0.257 e. The monoisotopic (exact) mass is 257 g/mol. The van der Waals surface area contributed by atoms with Crippen LogP contribution in [-0.2, 0) is 0 Å². The number of halogens is 6. The van der Waals surface area contributed by atoms with Gasteiger partial charge in [0.15, 0.2) is 0 Å². The van der Waals surface area contributed by atoms with Gasteiger partial charge in [0.05, 0.1) is 0 Å². The maximum Gasteiger partial charge on any atom is 0.266 e. The summed E-state index contributed by atoms with van der Waals surface area (Å²) >= 11 is 0. The van der Waals surface area contributed by atoms with Gasteiger partial charge in [0.1, 0.15) is 0 Å². The van der Waals surface area contributed by atoms with Gasteiger partial charge >= 0.3 is 0 Å². The number of nitrogens with zero attached hydrogens (tertiary/aromatic N) is 1. The Balaban J connectivity index is 3.65. The summed E-state index contributed by atoms with van der Waals surface area (Å²) in [7, 11) is 0. The SMILES string of the molecule is Cc1nc(C)c(C(F)F)c(C(F)F)c1C(F)F. The minimum absolute atomic E-state index is 0.350. The van der Waals surface area contributed by atoms with Crippen molar-refractivity contribution in [3.8, 4) is 0 Å². The van der Waals surface area contributed by atoms with Gasteiger partial charge in [-0.25, -0.2) is 26.3 Å². The zero-order chi connectivity index (χ0) is 13.3. The third kappa shape index (κ3) is 2.53. The number of alkyl halides is 6. The molecule has 0 amide bonds. The lowest BCUT2D eigenvalue weighted by molar-refractivity contribution is 0.108. The fourth-order valence-corrected chi connectivity index (χ4v) is 1.69. The predicted octanol–water partition coefficient (Wildman–Crippen LogP) is 4.51. The second-order valence-electron chi connectivity index (χ2n) is 3.43. The van der Waals surface area contributed by atoms with E-state index in [0.717, 1.165) is 13.8 Å². The Morgan fingerprint density at radius 1 is 0.647 bits per heavy atom. The Bertz CT molecular complexity index is 383. The zero-order valence-electron chi connectivity index (χ0n) is 8.95.